The van der Waals surface area contributed by atoms with Crippen molar-refractivity contribution in [3.63, 3.8) is 0 Å². The molecule has 0 radical (unpaired) electrons. The van der Waals surface area contributed by atoms with Gasteiger partial charge in [0.25, 0.3) is 0 Å². The van der Waals surface area contributed by atoms with E-state index in [0.29, 0.717) is 19.7 Å². The summed E-state index contributed by atoms with van der Waals surface area (Å²) in [4.78, 5) is 16.1. The van der Waals surface area contributed by atoms with Crippen LogP contribution in [0.15, 0.2) is 111 Å². The summed E-state index contributed by atoms with van der Waals surface area (Å²) in [5.41, 5.74) is 2.36. The number of hydrogen-bond donors (Lipinski definition) is 0. The van der Waals surface area contributed by atoms with Crippen molar-refractivity contribution in [3.8, 4) is 0 Å². The fourth-order valence-electron chi connectivity index (χ4n) is 3.26. The van der Waals surface area contributed by atoms with E-state index < -0.39 is 0 Å². The zero-order chi connectivity index (χ0) is 25.6. The predicted molar refractivity (Wildman–Crippen MR) is 163 cm³/mol. The van der Waals surface area contributed by atoms with Gasteiger partial charge < -0.3 is 9.64 Å². The Morgan fingerprint density at radius 1 is 0.649 bits per heavy atom. The first-order valence-corrected chi connectivity index (χ1v) is 12.3. The highest BCUT2D eigenvalue weighted by atomic mass is 16.6. The van der Waals surface area contributed by atoms with Crippen molar-refractivity contribution in [2.45, 2.75) is 53.7 Å². The van der Waals surface area contributed by atoms with Gasteiger partial charge in [0.15, 0.2) is 0 Å². The van der Waals surface area contributed by atoms with Gasteiger partial charge in [-0.1, -0.05) is 99.8 Å². The Morgan fingerprint density at radius 2 is 1.05 bits per heavy atom. The molecule has 0 heterocycles. The molecule has 0 aliphatic carbocycles. The molecule has 2 aromatic rings. The van der Waals surface area contributed by atoms with Gasteiger partial charge in [-0.3, -0.25) is 4.90 Å². The second-order valence-corrected chi connectivity index (χ2v) is 8.10. The minimum atomic E-state index is -0.285. The van der Waals surface area contributed by atoms with Crippen molar-refractivity contribution >= 4 is 6.09 Å². The topological polar surface area (TPSA) is 32.8 Å². The minimum absolute atomic E-state index is 0. The number of benzene rings is 2. The third-order valence-electron chi connectivity index (χ3n) is 5.22. The molecule has 0 aliphatic heterocycles. The molecule has 0 bridgehead atoms. The second kappa shape index (κ2) is 24.3. The summed E-state index contributed by atoms with van der Waals surface area (Å²) < 4.78 is 5.30. The van der Waals surface area contributed by atoms with Crippen molar-refractivity contribution in [2.75, 3.05) is 26.2 Å². The van der Waals surface area contributed by atoms with Gasteiger partial charge >= 0.3 is 6.09 Å². The van der Waals surface area contributed by atoms with Crippen molar-refractivity contribution in [1.82, 2.24) is 9.80 Å². The number of carbonyl (C=O) groups is 1. The zero-order valence-corrected chi connectivity index (χ0v) is 21.2. The lowest BCUT2D eigenvalue weighted by atomic mass is 10.2. The van der Waals surface area contributed by atoms with E-state index >= 15 is 0 Å². The van der Waals surface area contributed by atoms with Gasteiger partial charge in [-0.2, -0.15) is 0 Å². The molecule has 0 aromatic heterocycles. The fourth-order valence-corrected chi connectivity index (χ4v) is 3.26. The summed E-state index contributed by atoms with van der Waals surface area (Å²) in [6.45, 7) is 19.6. The number of amides is 1. The molecule has 1 amide bonds. The Hall–Kier alpha value is -3.37. The third kappa shape index (κ3) is 17.7. The SMILES string of the molecule is C.C.C=CCCN(CCC=C)C(=O)OCc1ccccc1.C=CCCN(CCC=C)Cc1ccccc1. The fraction of sp³-hybridized carbons (Fsp3) is 0.364. The number of nitrogens with zero attached hydrogens (tertiary/aromatic N) is 2. The quantitative estimate of drug-likeness (QED) is 0.213. The molecule has 0 fully saturated rings. The molecular weight excluding hydrogens is 456 g/mol. The first kappa shape index (κ1) is 35.8. The highest BCUT2D eigenvalue weighted by molar-refractivity contribution is 5.67. The monoisotopic (exact) mass is 506 g/mol. The van der Waals surface area contributed by atoms with Crippen LogP contribution in [0.25, 0.3) is 0 Å². The maximum absolute atomic E-state index is 12.0. The van der Waals surface area contributed by atoms with E-state index in [0.717, 1.165) is 50.9 Å². The molecule has 2 aromatic carbocycles. The molecule has 0 atom stereocenters. The van der Waals surface area contributed by atoms with Crippen LogP contribution in [0.1, 0.15) is 51.7 Å². The molecule has 0 N–H and O–H groups in total. The van der Waals surface area contributed by atoms with Crippen LogP contribution in [-0.4, -0.2) is 42.1 Å². The highest BCUT2D eigenvalue weighted by Crippen LogP contribution is 2.07. The van der Waals surface area contributed by atoms with Gasteiger partial charge in [0, 0.05) is 32.7 Å². The molecule has 4 nitrogen and oxygen atoms in total. The lowest BCUT2D eigenvalue weighted by Crippen LogP contribution is -2.33. The van der Waals surface area contributed by atoms with Crippen LogP contribution in [0.3, 0.4) is 0 Å². The van der Waals surface area contributed by atoms with Crippen LogP contribution < -0.4 is 0 Å². The maximum atomic E-state index is 12.0. The molecular formula is C33H50N2O2. The van der Waals surface area contributed by atoms with Gasteiger partial charge in [-0.05, 0) is 36.8 Å². The molecule has 0 unspecified atom stereocenters. The predicted octanol–water partition coefficient (Wildman–Crippen LogP) is 8.69. The summed E-state index contributed by atoms with van der Waals surface area (Å²) in [5, 5.41) is 0. The van der Waals surface area contributed by atoms with Crippen LogP contribution in [-0.2, 0) is 17.9 Å². The molecule has 0 saturated carbocycles. The van der Waals surface area contributed by atoms with Crippen LogP contribution in [0.2, 0.25) is 0 Å². The number of ether oxygens (including phenoxy) is 1. The van der Waals surface area contributed by atoms with Crippen molar-refractivity contribution < 1.29 is 9.53 Å². The molecule has 37 heavy (non-hydrogen) atoms. The van der Waals surface area contributed by atoms with Crippen LogP contribution >= 0.6 is 0 Å². The van der Waals surface area contributed by atoms with Crippen molar-refractivity contribution in [1.29, 1.82) is 0 Å². The first-order valence-electron chi connectivity index (χ1n) is 12.3. The van der Waals surface area contributed by atoms with Gasteiger partial charge in [-0.25, -0.2) is 4.79 Å². The Bertz CT molecular complexity index is 825. The standard InChI is InChI=1S/C16H21NO2.C15H21N.2CH4/c1-3-5-12-17(13-6-4-2)16(18)19-14-15-10-8-7-9-11-15;1-3-5-12-16(13-6-4-2)14-15-10-8-7-9-11-15;;/h3-4,7-11H,1-2,5-6,12-14H2;3-4,7-11H,1-2,5-6,12-14H2;2*1H4. The Balaban J connectivity index is 0. The van der Waals surface area contributed by atoms with Crippen LogP contribution in [0.5, 0.6) is 0 Å². The first-order chi connectivity index (χ1) is 17.1. The number of carbonyl (C=O) groups excluding carboxylic acids is 1. The summed E-state index contributed by atoms with van der Waals surface area (Å²) >= 11 is 0. The minimum Gasteiger partial charge on any atom is -0.445 e. The Morgan fingerprint density at radius 3 is 1.49 bits per heavy atom. The van der Waals surface area contributed by atoms with E-state index in [1.165, 1.54) is 5.56 Å². The van der Waals surface area contributed by atoms with Crippen molar-refractivity contribution in [2.24, 2.45) is 0 Å². The van der Waals surface area contributed by atoms with Gasteiger partial charge in [0.1, 0.15) is 6.61 Å². The number of hydrogen-bond acceptors (Lipinski definition) is 3. The molecule has 4 heteroatoms. The summed E-state index contributed by atoms with van der Waals surface area (Å²) in [6, 6.07) is 20.3. The highest BCUT2D eigenvalue weighted by Gasteiger charge is 2.13. The largest absolute Gasteiger partial charge is 0.445 e. The zero-order valence-electron chi connectivity index (χ0n) is 21.2. The van der Waals surface area contributed by atoms with E-state index in [-0.39, 0.29) is 20.9 Å². The van der Waals surface area contributed by atoms with E-state index in [1.807, 2.05) is 42.5 Å². The average molecular weight is 507 g/mol. The summed E-state index contributed by atoms with van der Waals surface area (Å²) in [5.74, 6) is 0. The number of rotatable bonds is 16. The molecule has 0 aliphatic rings. The lowest BCUT2D eigenvalue weighted by Gasteiger charge is -2.21. The van der Waals surface area contributed by atoms with E-state index in [9.17, 15) is 4.79 Å². The smallest absolute Gasteiger partial charge is 0.410 e. The van der Waals surface area contributed by atoms with Gasteiger partial charge in [-0.15, -0.1) is 26.3 Å². The average Bonchev–Trinajstić information content (AvgIpc) is 2.90. The normalized spacial score (nSPS) is 9.43. The molecule has 0 spiro atoms. The Kier molecular flexibility index (Phi) is 23.5. The maximum Gasteiger partial charge on any atom is 0.410 e. The van der Waals surface area contributed by atoms with E-state index in [2.05, 4.69) is 61.5 Å². The molecule has 204 valence electrons. The summed E-state index contributed by atoms with van der Waals surface area (Å²) in [6.07, 6.45) is 10.9. The van der Waals surface area contributed by atoms with Crippen LogP contribution in [0.4, 0.5) is 4.79 Å². The molecule has 0 saturated heterocycles. The van der Waals surface area contributed by atoms with Crippen molar-refractivity contribution in [3.05, 3.63) is 122 Å². The lowest BCUT2D eigenvalue weighted by molar-refractivity contribution is 0.0973. The Labute approximate surface area is 227 Å². The van der Waals surface area contributed by atoms with E-state index in [4.69, 9.17) is 4.74 Å². The van der Waals surface area contributed by atoms with Crippen LogP contribution in [0, 0.1) is 0 Å². The van der Waals surface area contributed by atoms with Gasteiger partial charge in [0.05, 0.1) is 0 Å². The third-order valence-corrected chi connectivity index (χ3v) is 5.22. The summed E-state index contributed by atoms with van der Waals surface area (Å²) in [7, 11) is 0. The molecule has 2 rings (SSSR count). The van der Waals surface area contributed by atoms with E-state index in [1.54, 1.807) is 17.1 Å². The van der Waals surface area contributed by atoms with Gasteiger partial charge in [0.2, 0.25) is 0 Å². The second-order valence-electron chi connectivity index (χ2n) is 8.10.